The van der Waals surface area contributed by atoms with Crippen molar-refractivity contribution in [1.82, 2.24) is 9.38 Å². The predicted octanol–water partition coefficient (Wildman–Crippen LogP) is 1.24. The second kappa shape index (κ2) is 4.87. The van der Waals surface area contributed by atoms with Crippen LogP contribution in [0, 0.1) is 0 Å². The zero-order chi connectivity index (χ0) is 12.5. The molecule has 0 bridgehead atoms. The first-order chi connectivity index (χ1) is 8.85. The van der Waals surface area contributed by atoms with Gasteiger partial charge < -0.3 is 15.1 Å². The lowest BCUT2D eigenvalue weighted by molar-refractivity contribution is 0.270. The van der Waals surface area contributed by atoms with Gasteiger partial charge in [0.2, 0.25) is 0 Å². The van der Waals surface area contributed by atoms with E-state index in [9.17, 15) is 10.2 Å². The summed E-state index contributed by atoms with van der Waals surface area (Å²) in [5.74, 6) is 0.836. The molecule has 18 heavy (non-hydrogen) atoms. The van der Waals surface area contributed by atoms with Crippen molar-refractivity contribution in [3.63, 3.8) is 0 Å². The van der Waals surface area contributed by atoms with E-state index in [2.05, 4.69) is 9.88 Å². The molecule has 1 fully saturated rings. The molecule has 1 aliphatic carbocycles. The summed E-state index contributed by atoms with van der Waals surface area (Å²) >= 11 is 1.56. The highest BCUT2D eigenvalue weighted by Gasteiger charge is 2.28. The number of aliphatic hydroxyl groups excluding tert-OH is 2. The average Bonchev–Trinajstić information content (AvgIpc) is 2.84. The average molecular weight is 267 g/mol. The molecule has 0 unspecified atom stereocenters. The maximum Gasteiger partial charge on any atom is 0.195 e. The first-order valence-corrected chi connectivity index (χ1v) is 7.16. The Bertz CT molecular complexity index is 532. The molecule has 0 saturated heterocycles. The summed E-state index contributed by atoms with van der Waals surface area (Å²) in [6.45, 7) is 0.678. The Morgan fingerprint density at radius 2 is 2.28 bits per heavy atom. The Kier molecular flexibility index (Phi) is 3.23. The van der Waals surface area contributed by atoms with Gasteiger partial charge in [-0.3, -0.25) is 4.40 Å². The van der Waals surface area contributed by atoms with E-state index >= 15 is 0 Å². The molecular weight excluding hydrogens is 250 g/mol. The normalized spacial score (nSPS) is 16.1. The van der Waals surface area contributed by atoms with Gasteiger partial charge in [-0.15, -0.1) is 11.3 Å². The number of anilines is 1. The Balaban J connectivity index is 2.01. The molecule has 1 aliphatic rings. The number of aromatic nitrogens is 2. The van der Waals surface area contributed by atoms with E-state index in [1.165, 1.54) is 6.42 Å². The first kappa shape index (κ1) is 12.0. The smallest absolute Gasteiger partial charge is 0.195 e. The molecule has 2 N–H and O–H groups in total. The van der Waals surface area contributed by atoms with Crippen LogP contribution < -0.4 is 4.90 Å². The van der Waals surface area contributed by atoms with Crippen LogP contribution in [-0.2, 0) is 6.61 Å². The van der Waals surface area contributed by atoms with E-state index in [0.29, 0.717) is 12.6 Å². The van der Waals surface area contributed by atoms with E-state index in [-0.39, 0.29) is 13.2 Å². The van der Waals surface area contributed by atoms with Crippen molar-refractivity contribution >= 4 is 22.1 Å². The SMILES string of the molecule is OCCN(c1nc2sccn2c1CO)C1CCC1. The Hall–Kier alpha value is -1.11. The molecule has 0 aromatic carbocycles. The second-order valence-corrected chi connectivity index (χ2v) is 5.47. The van der Waals surface area contributed by atoms with Gasteiger partial charge in [-0.05, 0) is 19.3 Å². The topological polar surface area (TPSA) is 61.0 Å². The molecule has 0 aliphatic heterocycles. The van der Waals surface area contributed by atoms with Crippen molar-refractivity contribution < 1.29 is 10.2 Å². The highest BCUT2D eigenvalue weighted by molar-refractivity contribution is 7.15. The molecule has 1 saturated carbocycles. The number of aliphatic hydroxyl groups is 2. The summed E-state index contributed by atoms with van der Waals surface area (Å²) in [6, 6.07) is 0.465. The van der Waals surface area contributed by atoms with Crippen LogP contribution in [0.2, 0.25) is 0 Å². The van der Waals surface area contributed by atoms with Gasteiger partial charge in [0.25, 0.3) is 0 Å². The van der Waals surface area contributed by atoms with Crippen LogP contribution in [0.15, 0.2) is 11.6 Å². The number of hydrogen-bond acceptors (Lipinski definition) is 5. The van der Waals surface area contributed by atoms with Crippen molar-refractivity contribution in [2.45, 2.75) is 31.9 Å². The number of hydrogen-bond donors (Lipinski definition) is 2. The molecule has 0 amide bonds. The standard InChI is InChI=1S/C12H17N3O2S/c16-6-4-14(9-2-1-3-9)11-10(8-17)15-5-7-18-12(15)13-11/h5,7,9,16-17H,1-4,6,8H2. The van der Waals surface area contributed by atoms with Crippen LogP contribution in [0.3, 0.4) is 0 Å². The molecule has 0 spiro atoms. The lowest BCUT2D eigenvalue weighted by Crippen LogP contribution is -2.42. The van der Waals surface area contributed by atoms with E-state index < -0.39 is 0 Å². The largest absolute Gasteiger partial charge is 0.395 e. The zero-order valence-electron chi connectivity index (χ0n) is 10.1. The number of imidazole rings is 1. The minimum absolute atomic E-state index is 0.0259. The number of fused-ring (bicyclic) bond motifs is 1. The zero-order valence-corrected chi connectivity index (χ0v) is 10.9. The van der Waals surface area contributed by atoms with E-state index in [0.717, 1.165) is 29.3 Å². The van der Waals surface area contributed by atoms with Crippen LogP contribution in [0.5, 0.6) is 0 Å². The predicted molar refractivity (Wildman–Crippen MR) is 71.1 cm³/mol. The highest BCUT2D eigenvalue weighted by Crippen LogP contribution is 2.32. The van der Waals surface area contributed by atoms with Crippen LogP contribution >= 0.6 is 11.3 Å². The van der Waals surface area contributed by atoms with Crippen molar-refractivity contribution in [3.8, 4) is 0 Å². The first-order valence-electron chi connectivity index (χ1n) is 6.28. The maximum atomic E-state index is 9.57. The van der Waals surface area contributed by atoms with Crippen molar-refractivity contribution in [2.24, 2.45) is 0 Å². The molecule has 2 heterocycles. The summed E-state index contributed by atoms with van der Waals surface area (Å²) in [5.41, 5.74) is 0.826. The molecule has 98 valence electrons. The summed E-state index contributed by atoms with van der Waals surface area (Å²) in [6.07, 6.45) is 5.47. The third-order valence-corrected chi connectivity index (χ3v) is 4.37. The lowest BCUT2D eigenvalue weighted by atomic mass is 9.91. The van der Waals surface area contributed by atoms with Gasteiger partial charge in [-0.25, -0.2) is 4.98 Å². The highest BCUT2D eigenvalue weighted by atomic mass is 32.1. The van der Waals surface area contributed by atoms with Gasteiger partial charge >= 0.3 is 0 Å². The third-order valence-electron chi connectivity index (χ3n) is 3.62. The quantitative estimate of drug-likeness (QED) is 0.855. The van der Waals surface area contributed by atoms with Gasteiger partial charge in [0, 0.05) is 24.2 Å². The van der Waals surface area contributed by atoms with Crippen LogP contribution in [0.1, 0.15) is 25.0 Å². The molecular formula is C12H17N3O2S. The number of rotatable bonds is 5. The van der Waals surface area contributed by atoms with Gasteiger partial charge in [0.15, 0.2) is 10.8 Å². The van der Waals surface area contributed by atoms with Gasteiger partial charge in [-0.1, -0.05) is 0 Å². The summed E-state index contributed by atoms with van der Waals surface area (Å²) in [7, 11) is 0. The van der Waals surface area contributed by atoms with Gasteiger partial charge in [0.1, 0.15) is 0 Å². The van der Waals surface area contributed by atoms with Crippen molar-refractivity contribution in [3.05, 3.63) is 17.3 Å². The fraction of sp³-hybridized carbons (Fsp3) is 0.583. The molecule has 0 atom stereocenters. The van der Waals surface area contributed by atoms with E-state index in [4.69, 9.17) is 0 Å². The Morgan fingerprint density at radius 1 is 1.44 bits per heavy atom. The summed E-state index contributed by atoms with van der Waals surface area (Å²) in [5, 5.41) is 20.8. The van der Waals surface area contributed by atoms with Crippen molar-refractivity contribution in [1.29, 1.82) is 0 Å². The Labute approximate surface area is 109 Å². The fourth-order valence-electron chi connectivity index (χ4n) is 2.47. The fourth-order valence-corrected chi connectivity index (χ4v) is 3.19. The maximum absolute atomic E-state index is 9.57. The summed E-state index contributed by atoms with van der Waals surface area (Å²) in [4.78, 5) is 7.65. The minimum atomic E-state index is -0.0259. The lowest BCUT2D eigenvalue weighted by Gasteiger charge is -2.38. The molecule has 5 nitrogen and oxygen atoms in total. The minimum Gasteiger partial charge on any atom is -0.395 e. The molecule has 2 aromatic heterocycles. The molecule has 6 heteroatoms. The molecule has 3 rings (SSSR count). The molecule has 0 radical (unpaired) electrons. The molecule has 2 aromatic rings. The van der Waals surface area contributed by atoms with Crippen LogP contribution in [0.4, 0.5) is 5.82 Å². The van der Waals surface area contributed by atoms with Gasteiger partial charge in [0.05, 0.1) is 18.9 Å². The number of thiazole rings is 1. The monoisotopic (exact) mass is 267 g/mol. The van der Waals surface area contributed by atoms with Crippen LogP contribution in [-0.4, -0.2) is 38.8 Å². The number of nitrogens with zero attached hydrogens (tertiary/aromatic N) is 3. The summed E-state index contributed by atoms with van der Waals surface area (Å²) < 4.78 is 1.93. The van der Waals surface area contributed by atoms with E-state index in [1.807, 2.05) is 16.0 Å². The third kappa shape index (κ3) is 1.81. The van der Waals surface area contributed by atoms with Gasteiger partial charge in [-0.2, -0.15) is 0 Å². The second-order valence-electron chi connectivity index (χ2n) is 4.60. The Morgan fingerprint density at radius 3 is 2.89 bits per heavy atom. The van der Waals surface area contributed by atoms with Crippen LogP contribution in [0.25, 0.3) is 4.96 Å². The van der Waals surface area contributed by atoms with E-state index in [1.54, 1.807) is 11.3 Å². The van der Waals surface area contributed by atoms with Crippen molar-refractivity contribution in [2.75, 3.05) is 18.1 Å².